The first-order chi connectivity index (χ1) is 9.25. The first kappa shape index (κ1) is 12.3. The highest BCUT2D eigenvalue weighted by Crippen LogP contribution is 2.16. The number of halogens is 1. The van der Waals surface area contributed by atoms with Crippen LogP contribution in [0.1, 0.15) is 28.4 Å². The van der Waals surface area contributed by atoms with E-state index in [4.69, 9.17) is 0 Å². The first-order valence-corrected chi connectivity index (χ1v) is 6.98. The Bertz CT molecular complexity index is 623. The third-order valence-corrected chi connectivity index (χ3v) is 3.90. The number of nitrogens with one attached hydrogen (secondary N) is 1. The van der Waals surface area contributed by atoms with E-state index >= 15 is 0 Å². The number of rotatable bonds is 3. The monoisotopic (exact) mass is 320 g/mol. The largest absolute Gasteiger partial charge is 0.345 e. The molecule has 0 bridgehead atoms. The van der Waals surface area contributed by atoms with Gasteiger partial charge in [0.05, 0.1) is 12.1 Å². The van der Waals surface area contributed by atoms with Crippen LogP contribution in [-0.2, 0) is 19.5 Å². The van der Waals surface area contributed by atoms with E-state index in [0.29, 0.717) is 12.1 Å². The van der Waals surface area contributed by atoms with Gasteiger partial charge in [-0.2, -0.15) is 0 Å². The summed E-state index contributed by atoms with van der Waals surface area (Å²) in [5, 5.41) is 11.1. The van der Waals surface area contributed by atoms with Crippen LogP contribution in [0.5, 0.6) is 0 Å². The molecule has 1 aliphatic rings. The van der Waals surface area contributed by atoms with Crippen molar-refractivity contribution in [3.05, 3.63) is 46.0 Å². The highest BCUT2D eigenvalue weighted by atomic mass is 79.9. The standard InChI is InChI=1S/C13H13BrN4O/c14-10-5-2-1-4-9(10)13(19)15-8-12-17-16-11-6-3-7-18(11)12/h1-2,4-5H,3,6-8H2,(H,15,19). The molecule has 0 radical (unpaired) electrons. The molecule has 98 valence electrons. The molecule has 6 heteroatoms. The van der Waals surface area contributed by atoms with Gasteiger partial charge in [0.25, 0.3) is 5.91 Å². The topological polar surface area (TPSA) is 59.8 Å². The molecule has 0 unspecified atom stereocenters. The van der Waals surface area contributed by atoms with Gasteiger partial charge in [-0.05, 0) is 34.5 Å². The number of nitrogens with zero attached hydrogens (tertiary/aromatic N) is 3. The molecule has 1 aromatic carbocycles. The van der Waals surface area contributed by atoms with Gasteiger partial charge >= 0.3 is 0 Å². The number of aromatic nitrogens is 3. The third kappa shape index (κ3) is 2.40. The number of carbonyl (C=O) groups excluding carboxylic acids is 1. The summed E-state index contributed by atoms with van der Waals surface area (Å²) in [6, 6.07) is 7.36. The van der Waals surface area contributed by atoms with Gasteiger partial charge in [0.2, 0.25) is 0 Å². The Morgan fingerprint density at radius 1 is 1.37 bits per heavy atom. The van der Waals surface area contributed by atoms with Crippen molar-refractivity contribution in [3.8, 4) is 0 Å². The van der Waals surface area contributed by atoms with Crippen LogP contribution in [0.15, 0.2) is 28.7 Å². The van der Waals surface area contributed by atoms with Crippen LogP contribution in [0.25, 0.3) is 0 Å². The van der Waals surface area contributed by atoms with E-state index in [1.165, 1.54) is 0 Å². The smallest absolute Gasteiger partial charge is 0.252 e. The lowest BCUT2D eigenvalue weighted by atomic mass is 10.2. The van der Waals surface area contributed by atoms with Crippen molar-refractivity contribution in [1.29, 1.82) is 0 Å². The number of hydrogen-bond donors (Lipinski definition) is 1. The molecular formula is C13H13BrN4O. The number of carbonyl (C=O) groups is 1. The minimum absolute atomic E-state index is 0.108. The molecule has 0 spiro atoms. The number of hydrogen-bond acceptors (Lipinski definition) is 3. The van der Waals surface area contributed by atoms with Crippen LogP contribution in [0.3, 0.4) is 0 Å². The van der Waals surface area contributed by atoms with Gasteiger partial charge in [0, 0.05) is 17.4 Å². The third-order valence-electron chi connectivity index (χ3n) is 3.21. The highest BCUT2D eigenvalue weighted by molar-refractivity contribution is 9.10. The summed E-state index contributed by atoms with van der Waals surface area (Å²) in [6.07, 6.45) is 2.08. The van der Waals surface area contributed by atoms with Gasteiger partial charge in [-0.3, -0.25) is 4.79 Å². The van der Waals surface area contributed by atoms with Crippen LogP contribution < -0.4 is 5.32 Å². The van der Waals surface area contributed by atoms with Crippen molar-refractivity contribution in [2.45, 2.75) is 25.9 Å². The zero-order valence-electron chi connectivity index (χ0n) is 10.3. The van der Waals surface area contributed by atoms with Gasteiger partial charge in [0.1, 0.15) is 5.82 Å². The Morgan fingerprint density at radius 3 is 3.05 bits per heavy atom. The fraction of sp³-hybridized carbons (Fsp3) is 0.308. The average molecular weight is 321 g/mol. The van der Waals surface area contributed by atoms with Crippen molar-refractivity contribution in [3.63, 3.8) is 0 Å². The second kappa shape index (κ2) is 5.13. The summed E-state index contributed by atoms with van der Waals surface area (Å²) in [7, 11) is 0. The molecule has 19 heavy (non-hydrogen) atoms. The molecule has 2 aromatic rings. The predicted molar refractivity (Wildman–Crippen MR) is 73.7 cm³/mol. The molecule has 1 N–H and O–H groups in total. The number of benzene rings is 1. The van der Waals surface area contributed by atoms with E-state index in [0.717, 1.165) is 35.5 Å². The number of aryl methyl sites for hydroxylation is 1. The summed E-state index contributed by atoms with van der Waals surface area (Å²) in [6.45, 7) is 1.36. The van der Waals surface area contributed by atoms with Gasteiger partial charge in [-0.25, -0.2) is 0 Å². The van der Waals surface area contributed by atoms with Crippen molar-refractivity contribution in [1.82, 2.24) is 20.1 Å². The van der Waals surface area contributed by atoms with Crippen LogP contribution in [0.2, 0.25) is 0 Å². The Hall–Kier alpha value is -1.69. The summed E-state index contributed by atoms with van der Waals surface area (Å²) >= 11 is 3.37. The Morgan fingerprint density at radius 2 is 2.21 bits per heavy atom. The lowest BCUT2D eigenvalue weighted by Gasteiger charge is -2.07. The van der Waals surface area contributed by atoms with E-state index in [2.05, 4.69) is 36.0 Å². The molecule has 1 aromatic heterocycles. The van der Waals surface area contributed by atoms with E-state index in [9.17, 15) is 4.79 Å². The van der Waals surface area contributed by atoms with Crippen LogP contribution in [-0.4, -0.2) is 20.7 Å². The molecule has 3 rings (SSSR count). The van der Waals surface area contributed by atoms with Crippen molar-refractivity contribution >= 4 is 21.8 Å². The van der Waals surface area contributed by atoms with E-state index in [1.807, 2.05) is 18.2 Å². The average Bonchev–Trinajstić information content (AvgIpc) is 3.00. The van der Waals surface area contributed by atoms with Crippen LogP contribution >= 0.6 is 15.9 Å². The SMILES string of the molecule is O=C(NCc1nnc2n1CCC2)c1ccccc1Br. The van der Waals surface area contributed by atoms with Gasteiger partial charge < -0.3 is 9.88 Å². The maximum Gasteiger partial charge on any atom is 0.252 e. The van der Waals surface area contributed by atoms with Gasteiger partial charge in [0.15, 0.2) is 5.82 Å². The van der Waals surface area contributed by atoms with Gasteiger partial charge in [-0.1, -0.05) is 12.1 Å². The maximum absolute atomic E-state index is 12.1. The molecule has 0 aliphatic carbocycles. The number of fused-ring (bicyclic) bond motifs is 1. The minimum Gasteiger partial charge on any atom is -0.345 e. The lowest BCUT2D eigenvalue weighted by molar-refractivity contribution is 0.0948. The molecule has 1 aliphatic heterocycles. The summed E-state index contributed by atoms with van der Waals surface area (Å²) in [5.74, 6) is 1.74. The van der Waals surface area contributed by atoms with E-state index < -0.39 is 0 Å². The van der Waals surface area contributed by atoms with Crippen molar-refractivity contribution in [2.75, 3.05) is 0 Å². The molecule has 0 saturated heterocycles. The molecule has 0 atom stereocenters. The Labute approximate surface area is 119 Å². The van der Waals surface area contributed by atoms with Crippen LogP contribution in [0.4, 0.5) is 0 Å². The molecule has 1 amide bonds. The molecule has 0 saturated carbocycles. The van der Waals surface area contributed by atoms with Crippen LogP contribution in [0, 0.1) is 0 Å². The summed E-state index contributed by atoms with van der Waals surface area (Å²) in [5.41, 5.74) is 0.628. The summed E-state index contributed by atoms with van der Waals surface area (Å²) < 4.78 is 2.87. The Balaban J connectivity index is 1.69. The molecule has 5 nitrogen and oxygen atoms in total. The fourth-order valence-electron chi connectivity index (χ4n) is 2.24. The maximum atomic E-state index is 12.1. The quantitative estimate of drug-likeness (QED) is 0.939. The second-order valence-electron chi connectivity index (χ2n) is 4.45. The number of amides is 1. The lowest BCUT2D eigenvalue weighted by Crippen LogP contribution is -2.25. The first-order valence-electron chi connectivity index (χ1n) is 6.19. The predicted octanol–water partition coefficient (Wildman–Crippen LogP) is 1.92. The molecule has 2 heterocycles. The minimum atomic E-state index is -0.108. The Kier molecular flexibility index (Phi) is 3.33. The van der Waals surface area contributed by atoms with E-state index in [1.54, 1.807) is 6.07 Å². The molecular weight excluding hydrogens is 308 g/mol. The molecule has 0 fully saturated rings. The second-order valence-corrected chi connectivity index (χ2v) is 5.30. The zero-order valence-corrected chi connectivity index (χ0v) is 11.9. The summed E-state index contributed by atoms with van der Waals surface area (Å²) in [4.78, 5) is 12.1. The van der Waals surface area contributed by atoms with E-state index in [-0.39, 0.29) is 5.91 Å². The van der Waals surface area contributed by atoms with Gasteiger partial charge in [-0.15, -0.1) is 10.2 Å². The fourth-order valence-corrected chi connectivity index (χ4v) is 2.71. The van der Waals surface area contributed by atoms with Crippen molar-refractivity contribution in [2.24, 2.45) is 0 Å². The highest BCUT2D eigenvalue weighted by Gasteiger charge is 2.18. The van der Waals surface area contributed by atoms with Crippen molar-refractivity contribution < 1.29 is 4.79 Å². The zero-order chi connectivity index (χ0) is 13.2. The normalized spacial score (nSPS) is 13.3.